The Morgan fingerprint density at radius 1 is 1.60 bits per heavy atom. The minimum atomic E-state index is 0. The largest absolute Gasteiger partial charge is 0.300 e. The van der Waals surface area contributed by atoms with E-state index in [1.165, 1.54) is 0 Å². The van der Waals surface area contributed by atoms with Crippen molar-refractivity contribution < 1.29 is 26.5 Å². The molecule has 0 amide bonds. The fourth-order valence-electron chi connectivity index (χ4n) is 0.654. The molecular weight excluding hydrogens is 160 g/mol. The maximum atomic E-state index is 10.6. The van der Waals surface area contributed by atoms with E-state index in [4.69, 9.17) is 0 Å². The smallest absolute Gasteiger partial charge is 0.132 e. The SMILES string of the molecule is [CH2]C(CCCC)C(C)=O.[Ti]. The summed E-state index contributed by atoms with van der Waals surface area (Å²) in [6.45, 7) is 7.45. The van der Waals surface area contributed by atoms with E-state index >= 15 is 0 Å². The van der Waals surface area contributed by atoms with Gasteiger partial charge in [0.2, 0.25) is 0 Å². The predicted molar refractivity (Wildman–Crippen MR) is 39.1 cm³/mol. The van der Waals surface area contributed by atoms with Gasteiger partial charge in [0, 0.05) is 27.6 Å². The Labute approximate surface area is 78.5 Å². The van der Waals surface area contributed by atoms with Crippen LogP contribution in [0.1, 0.15) is 33.1 Å². The number of rotatable bonds is 4. The van der Waals surface area contributed by atoms with Crippen molar-refractivity contribution in [3.8, 4) is 0 Å². The van der Waals surface area contributed by atoms with Gasteiger partial charge in [-0.05, 0) is 20.3 Å². The quantitative estimate of drug-likeness (QED) is 0.598. The number of hydrogen-bond acceptors (Lipinski definition) is 1. The van der Waals surface area contributed by atoms with Gasteiger partial charge in [-0.1, -0.05) is 19.8 Å². The van der Waals surface area contributed by atoms with E-state index in [0.717, 1.165) is 19.3 Å². The van der Waals surface area contributed by atoms with Gasteiger partial charge in [0.1, 0.15) is 5.78 Å². The van der Waals surface area contributed by atoms with Gasteiger partial charge in [-0.25, -0.2) is 0 Å². The van der Waals surface area contributed by atoms with Gasteiger partial charge in [0.25, 0.3) is 0 Å². The summed E-state index contributed by atoms with van der Waals surface area (Å²) in [7, 11) is 0. The molecule has 0 aliphatic carbocycles. The normalized spacial score (nSPS) is 11.9. The molecule has 0 spiro atoms. The summed E-state index contributed by atoms with van der Waals surface area (Å²) in [5.41, 5.74) is 0. The van der Waals surface area contributed by atoms with Crippen LogP contribution < -0.4 is 0 Å². The van der Waals surface area contributed by atoms with Crippen molar-refractivity contribution in [2.75, 3.05) is 0 Å². The maximum Gasteiger partial charge on any atom is 0.132 e. The van der Waals surface area contributed by atoms with Gasteiger partial charge < -0.3 is 0 Å². The summed E-state index contributed by atoms with van der Waals surface area (Å²) in [6, 6.07) is 0. The Bertz CT molecular complexity index is 91.3. The standard InChI is InChI=1S/C8H15O.Ti/c1-4-5-6-7(2)8(3)9;/h7H,2,4-6H2,1,3H3;. The van der Waals surface area contributed by atoms with E-state index < -0.39 is 0 Å². The van der Waals surface area contributed by atoms with Crippen LogP contribution in [0.2, 0.25) is 0 Å². The Hall–Kier alpha value is 0.384. The van der Waals surface area contributed by atoms with Crippen LogP contribution in [0.5, 0.6) is 0 Å². The first-order valence-electron chi connectivity index (χ1n) is 3.52. The predicted octanol–water partition coefficient (Wildman–Crippen LogP) is 2.21. The van der Waals surface area contributed by atoms with Crippen molar-refractivity contribution in [2.45, 2.75) is 33.1 Å². The molecule has 0 bridgehead atoms. The zero-order chi connectivity index (χ0) is 7.28. The van der Waals surface area contributed by atoms with E-state index in [2.05, 4.69) is 13.8 Å². The van der Waals surface area contributed by atoms with Crippen molar-refractivity contribution in [2.24, 2.45) is 5.92 Å². The molecule has 0 aliphatic heterocycles. The minimum absolute atomic E-state index is 0. The van der Waals surface area contributed by atoms with Crippen molar-refractivity contribution in [3.63, 3.8) is 0 Å². The molecule has 57 valence electrons. The third-order valence-corrected chi connectivity index (χ3v) is 1.48. The molecule has 2 heteroatoms. The number of Topliss-reactive ketones (excluding diaryl/α,β-unsaturated/α-hetero) is 1. The molecule has 0 aliphatic rings. The molecule has 0 fully saturated rings. The zero-order valence-corrected chi connectivity index (χ0v) is 8.38. The molecule has 0 heterocycles. The molecule has 0 aromatic carbocycles. The van der Waals surface area contributed by atoms with Crippen LogP contribution in [0.15, 0.2) is 0 Å². The summed E-state index contributed by atoms with van der Waals surface area (Å²) < 4.78 is 0. The van der Waals surface area contributed by atoms with Gasteiger partial charge in [-0.2, -0.15) is 0 Å². The van der Waals surface area contributed by atoms with E-state index in [-0.39, 0.29) is 33.4 Å². The maximum absolute atomic E-state index is 10.6. The number of unbranched alkanes of at least 4 members (excludes halogenated alkanes) is 1. The van der Waals surface area contributed by atoms with Crippen LogP contribution in [0, 0.1) is 12.8 Å². The summed E-state index contributed by atoms with van der Waals surface area (Å²) in [5, 5.41) is 0. The van der Waals surface area contributed by atoms with E-state index in [1.54, 1.807) is 6.92 Å². The molecule has 0 N–H and O–H groups in total. The molecule has 1 nitrogen and oxygen atoms in total. The van der Waals surface area contributed by atoms with Crippen LogP contribution in [0.3, 0.4) is 0 Å². The number of ketones is 1. The molecule has 1 atom stereocenters. The molecule has 0 rings (SSSR count). The molecule has 1 unspecified atom stereocenters. The monoisotopic (exact) mass is 175 g/mol. The van der Waals surface area contributed by atoms with E-state index in [9.17, 15) is 4.79 Å². The van der Waals surface area contributed by atoms with Gasteiger partial charge in [0.05, 0.1) is 0 Å². The molecule has 1 radical (unpaired) electrons. The van der Waals surface area contributed by atoms with Gasteiger partial charge in [0.15, 0.2) is 0 Å². The van der Waals surface area contributed by atoms with Gasteiger partial charge in [-0.3, -0.25) is 4.79 Å². The van der Waals surface area contributed by atoms with Crippen molar-refractivity contribution in [3.05, 3.63) is 6.92 Å². The second-order valence-electron chi connectivity index (χ2n) is 2.45. The van der Waals surface area contributed by atoms with Crippen LogP contribution >= 0.6 is 0 Å². The fraction of sp³-hybridized carbons (Fsp3) is 0.750. The zero-order valence-electron chi connectivity index (χ0n) is 6.81. The molecule has 0 aromatic heterocycles. The molecule has 0 aromatic rings. The van der Waals surface area contributed by atoms with Crippen LogP contribution in [-0.2, 0) is 26.5 Å². The van der Waals surface area contributed by atoms with Crippen molar-refractivity contribution >= 4 is 5.78 Å². The van der Waals surface area contributed by atoms with Crippen molar-refractivity contribution in [1.82, 2.24) is 0 Å². The van der Waals surface area contributed by atoms with Crippen LogP contribution in [-0.4, -0.2) is 5.78 Å². The fourth-order valence-corrected chi connectivity index (χ4v) is 0.654. The first kappa shape index (κ1) is 13.0. The van der Waals surface area contributed by atoms with Gasteiger partial charge >= 0.3 is 0 Å². The van der Waals surface area contributed by atoms with Gasteiger partial charge in [-0.15, -0.1) is 0 Å². The average Bonchev–Trinajstić information content (AvgIpc) is 1.82. The van der Waals surface area contributed by atoms with E-state index in [1.807, 2.05) is 0 Å². The molecular formula is C8H15OTi. The molecule has 0 saturated heterocycles. The Kier molecular flexibility index (Phi) is 9.74. The third kappa shape index (κ3) is 6.50. The minimum Gasteiger partial charge on any atom is -0.300 e. The average molecular weight is 175 g/mol. The summed E-state index contributed by atoms with van der Waals surface area (Å²) >= 11 is 0. The van der Waals surface area contributed by atoms with Crippen LogP contribution in [0.4, 0.5) is 0 Å². The van der Waals surface area contributed by atoms with Crippen molar-refractivity contribution in [1.29, 1.82) is 0 Å². The van der Waals surface area contributed by atoms with E-state index in [0.29, 0.717) is 0 Å². The third-order valence-electron chi connectivity index (χ3n) is 1.48. The second kappa shape index (κ2) is 7.49. The number of carbonyl (C=O) groups is 1. The Morgan fingerprint density at radius 2 is 2.10 bits per heavy atom. The number of hydrogen-bond donors (Lipinski definition) is 0. The second-order valence-corrected chi connectivity index (χ2v) is 2.45. The Balaban J connectivity index is 0. The molecule has 0 saturated carbocycles. The first-order valence-corrected chi connectivity index (χ1v) is 3.52. The number of carbonyl (C=O) groups excluding carboxylic acids is 1. The summed E-state index contributed by atoms with van der Waals surface area (Å²) in [4.78, 5) is 10.6. The molecule has 10 heavy (non-hydrogen) atoms. The Morgan fingerprint density at radius 3 is 2.40 bits per heavy atom. The topological polar surface area (TPSA) is 17.1 Å². The summed E-state index contributed by atoms with van der Waals surface area (Å²) in [5.74, 6) is 0.244. The summed E-state index contributed by atoms with van der Waals surface area (Å²) in [6.07, 6.45) is 3.22. The first-order chi connectivity index (χ1) is 4.18. The van der Waals surface area contributed by atoms with Crippen LogP contribution in [0.25, 0.3) is 0 Å².